The van der Waals surface area contributed by atoms with Crippen LogP contribution in [0.4, 0.5) is 4.39 Å². The average Bonchev–Trinajstić information content (AvgIpc) is 3.16. The summed E-state index contributed by atoms with van der Waals surface area (Å²) in [6, 6.07) is 13.8. The Labute approximate surface area is 180 Å². The molecule has 0 aliphatic carbocycles. The van der Waals surface area contributed by atoms with Crippen molar-refractivity contribution in [2.75, 3.05) is 0 Å². The van der Waals surface area contributed by atoms with Crippen LogP contribution < -0.4 is 4.74 Å². The third-order valence-corrected chi connectivity index (χ3v) is 6.94. The van der Waals surface area contributed by atoms with E-state index in [4.69, 9.17) is 10.00 Å². The summed E-state index contributed by atoms with van der Waals surface area (Å²) >= 11 is 3.32. The van der Waals surface area contributed by atoms with Crippen LogP contribution >= 0.6 is 15.9 Å². The molecule has 0 N–H and O–H groups in total. The van der Waals surface area contributed by atoms with Gasteiger partial charge in [0.25, 0.3) is 10.0 Å². The van der Waals surface area contributed by atoms with E-state index in [1.165, 1.54) is 36.7 Å². The minimum absolute atomic E-state index is 0.100. The molecule has 0 fully saturated rings. The first kappa shape index (κ1) is 20.1. The van der Waals surface area contributed by atoms with Crippen molar-refractivity contribution in [1.29, 1.82) is 5.26 Å². The lowest BCUT2D eigenvalue weighted by molar-refractivity contribution is 0.440. The first-order valence-corrected chi connectivity index (χ1v) is 10.9. The molecule has 0 amide bonds. The Morgan fingerprint density at radius 2 is 1.90 bits per heavy atom. The molecule has 0 aliphatic heterocycles. The molecule has 2 aromatic carbocycles. The van der Waals surface area contributed by atoms with E-state index < -0.39 is 15.8 Å². The van der Waals surface area contributed by atoms with Gasteiger partial charge in [0.2, 0.25) is 0 Å². The molecule has 0 radical (unpaired) electrons. The minimum Gasteiger partial charge on any atom is -0.453 e. The fraction of sp³-hybridized carbons (Fsp3) is 0.0476. The van der Waals surface area contributed by atoms with E-state index in [-0.39, 0.29) is 32.1 Å². The van der Waals surface area contributed by atoms with Crippen molar-refractivity contribution in [2.45, 2.75) is 11.8 Å². The molecular weight excluding hydrogens is 473 g/mol. The number of halogens is 2. The fourth-order valence-electron chi connectivity index (χ4n) is 2.95. The van der Waals surface area contributed by atoms with Gasteiger partial charge in [0.05, 0.1) is 14.9 Å². The average molecular weight is 486 g/mol. The van der Waals surface area contributed by atoms with Crippen LogP contribution in [0.2, 0.25) is 0 Å². The van der Waals surface area contributed by atoms with E-state index in [9.17, 15) is 12.8 Å². The Morgan fingerprint density at radius 1 is 1.17 bits per heavy atom. The van der Waals surface area contributed by atoms with Crippen LogP contribution in [0.3, 0.4) is 0 Å². The van der Waals surface area contributed by atoms with E-state index in [1.807, 2.05) is 13.0 Å². The summed E-state index contributed by atoms with van der Waals surface area (Å²) < 4.78 is 47.9. The van der Waals surface area contributed by atoms with Crippen LogP contribution in [0.1, 0.15) is 11.3 Å². The molecule has 0 aliphatic rings. The van der Waals surface area contributed by atoms with E-state index in [2.05, 4.69) is 20.9 Å². The maximum atomic E-state index is 14.9. The SMILES string of the molecule is Cc1ccc(S(=O)(=O)n2ccc3c(Br)c(Oc4ccnc(C#N)c4)c(F)cc32)cc1. The predicted octanol–water partition coefficient (Wildman–Crippen LogP) is 5.15. The Morgan fingerprint density at radius 3 is 2.60 bits per heavy atom. The number of hydrogen-bond acceptors (Lipinski definition) is 5. The molecule has 0 saturated carbocycles. The predicted molar refractivity (Wildman–Crippen MR) is 112 cm³/mol. The van der Waals surface area contributed by atoms with E-state index in [0.29, 0.717) is 5.39 Å². The lowest BCUT2D eigenvalue weighted by atomic mass is 10.2. The van der Waals surface area contributed by atoms with Crippen molar-refractivity contribution in [1.82, 2.24) is 8.96 Å². The zero-order valence-corrected chi connectivity index (χ0v) is 17.9. The van der Waals surface area contributed by atoms with Gasteiger partial charge in [-0.25, -0.2) is 21.8 Å². The molecule has 0 unspecified atom stereocenters. The molecular formula is C21H13BrFN3O3S. The van der Waals surface area contributed by atoms with Crippen LogP contribution in [0.25, 0.3) is 10.9 Å². The number of pyridine rings is 1. The number of benzene rings is 2. The molecule has 0 atom stereocenters. The summed E-state index contributed by atoms with van der Waals surface area (Å²) in [5, 5.41) is 9.41. The Kier molecular flexibility index (Phi) is 5.05. The highest BCUT2D eigenvalue weighted by Gasteiger charge is 2.23. The third-order valence-electron chi connectivity index (χ3n) is 4.45. The van der Waals surface area contributed by atoms with Gasteiger partial charge in [-0.2, -0.15) is 5.26 Å². The van der Waals surface area contributed by atoms with Crippen LogP contribution in [0.5, 0.6) is 11.5 Å². The largest absolute Gasteiger partial charge is 0.453 e. The first-order valence-electron chi connectivity index (χ1n) is 8.66. The summed E-state index contributed by atoms with van der Waals surface area (Å²) in [5.74, 6) is -0.654. The van der Waals surface area contributed by atoms with Crippen LogP contribution in [-0.2, 0) is 10.0 Å². The van der Waals surface area contributed by atoms with Gasteiger partial charge in [-0.3, -0.25) is 0 Å². The first-order chi connectivity index (χ1) is 14.3. The van der Waals surface area contributed by atoms with Gasteiger partial charge >= 0.3 is 0 Å². The third kappa shape index (κ3) is 3.44. The van der Waals surface area contributed by atoms with Gasteiger partial charge < -0.3 is 4.74 Å². The van der Waals surface area contributed by atoms with E-state index in [0.717, 1.165) is 15.6 Å². The van der Waals surface area contributed by atoms with Crippen molar-refractivity contribution < 1.29 is 17.5 Å². The molecule has 0 bridgehead atoms. The molecule has 6 nitrogen and oxygen atoms in total. The zero-order chi connectivity index (χ0) is 21.5. The van der Waals surface area contributed by atoms with Crippen LogP contribution in [0.15, 0.2) is 70.3 Å². The second kappa shape index (κ2) is 7.55. The lowest BCUT2D eigenvalue weighted by Gasteiger charge is -2.12. The van der Waals surface area contributed by atoms with Gasteiger partial charge in [-0.15, -0.1) is 0 Å². The summed E-state index contributed by atoms with van der Waals surface area (Å²) in [4.78, 5) is 3.94. The Balaban J connectivity index is 1.82. The summed E-state index contributed by atoms with van der Waals surface area (Å²) in [7, 11) is -3.91. The maximum absolute atomic E-state index is 14.9. The Bertz CT molecular complexity index is 1420. The monoisotopic (exact) mass is 485 g/mol. The van der Waals surface area contributed by atoms with Crippen molar-refractivity contribution in [3.63, 3.8) is 0 Å². The van der Waals surface area contributed by atoms with Crippen molar-refractivity contribution in [3.05, 3.63) is 82.5 Å². The smallest absolute Gasteiger partial charge is 0.268 e. The highest BCUT2D eigenvalue weighted by atomic mass is 79.9. The molecule has 2 heterocycles. The van der Waals surface area contributed by atoms with Crippen molar-refractivity contribution in [2.24, 2.45) is 0 Å². The van der Waals surface area contributed by atoms with Gasteiger partial charge in [-0.1, -0.05) is 17.7 Å². The number of nitriles is 1. The summed E-state index contributed by atoms with van der Waals surface area (Å²) in [6.45, 7) is 1.86. The summed E-state index contributed by atoms with van der Waals surface area (Å²) in [6.07, 6.45) is 2.75. The van der Waals surface area contributed by atoms with Gasteiger partial charge in [-0.05, 0) is 47.1 Å². The molecule has 150 valence electrons. The Hall–Kier alpha value is -3.22. The quantitative estimate of drug-likeness (QED) is 0.399. The number of nitrogens with zero attached hydrogens (tertiary/aromatic N) is 3. The maximum Gasteiger partial charge on any atom is 0.268 e. The van der Waals surface area contributed by atoms with E-state index in [1.54, 1.807) is 18.2 Å². The standard InChI is InChI=1S/C21H13BrFN3O3S/c1-13-2-4-16(5-3-13)30(27,28)26-9-7-17-19(26)11-18(23)21(20(17)22)29-15-6-8-25-14(10-15)12-24/h2-11H,1H3. The second-order valence-electron chi connectivity index (χ2n) is 6.45. The van der Waals surface area contributed by atoms with Crippen LogP contribution in [-0.4, -0.2) is 17.4 Å². The second-order valence-corrected chi connectivity index (χ2v) is 9.06. The van der Waals surface area contributed by atoms with Gasteiger partial charge in [0, 0.05) is 29.9 Å². The molecule has 0 saturated heterocycles. The molecule has 0 spiro atoms. The van der Waals surface area contributed by atoms with Gasteiger partial charge in [0.1, 0.15) is 17.5 Å². The topological polar surface area (TPSA) is 85.0 Å². The number of aryl methyl sites for hydroxylation is 1. The van der Waals surface area contributed by atoms with Crippen LogP contribution in [0, 0.1) is 24.1 Å². The fourth-order valence-corrected chi connectivity index (χ4v) is 4.89. The molecule has 30 heavy (non-hydrogen) atoms. The van der Waals surface area contributed by atoms with Crippen molar-refractivity contribution in [3.8, 4) is 17.6 Å². The minimum atomic E-state index is -3.91. The number of fused-ring (bicyclic) bond motifs is 1. The number of aromatic nitrogens is 2. The number of hydrogen-bond donors (Lipinski definition) is 0. The van der Waals surface area contributed by atoms with Crippen molar-refractivity contribution >= 4 is 36.9 Å². The number of rotatable bonds is 4. The van der Waals surface area contributed by atoms with Gasteiger partial charge in [0.15, 0.2) is 11.6 Å². The zero-order valence-electron chi connectivity index (χ0n) is 15.5. The lowest BCUT2D eigenvalue weighted by Crippen LogP contribution is -2.12. The molecule has 4 rings (SSSR count). The molecule has 4 aromatic rings. The highest BCUT2D eigenvalue weighted by Crippen LogP contribution is 2.39. The molecule has 9 heteroatoms. The van der Waals surface area contributed by atoms with E-state index >= 15 is 0 Å². The molecule has 2 aromatic heterocycles. The summed E-state index contributed by atoms with van der Waals surface area (Å²) in [5.41, 5.74) is 1.22. The normalized spacial score (nSPS) is 11.4. The highest BCUT2D eigenvalue weighted by molar-refractivity contribution is 9.10. The number of ether oxygens (including phenoxy) is 1.